The summed E-state index contributed by atoms with van der Waals surface area (Å²) >= 11 is 0. The topological polar surface area (TPSA) is 58.4 Å². The van der Waals surface area contributed by atoms with Crippen LogP contribution in [0.25, 0.3) is 0 Å². The molecule has 0 aromatic heterocycles. The summed E-state index contributed by atoms with van der Waals surface area (Å²) < 4.78 is 24.3. The van der Waals surface area contributed by atoms with Crippen molar-refractivity contribution in [2.45, 2.75) is 32.7 Å². The number of hydrogen-bond donors (Lipinski definition) is 2. The van der Waals surface area contributed by atoms with E-state index in [9.17, 15) is 13.6 Å². The molecule has 3 N–H and O–H groups in total. The van der Waals surface area contributed by atoms with E-state index in [2.05, 4.69) is 19.2 Å². The first-order valence-corrected chi connectivity index (χ1v) is 5.96. The number of carbonyl (C=O) groups excluding carboxylic acids is 1. The van der Waals surface area contributed by atoms with Gasteiger partial charge in [0.2, 0.25) is 0 Å². The number of rotatable bonds is 4. The van der Waals surface area contributed by atoms with Gasteiger partial charge in [0.25, 0.3) is 6.43 Å². The number of nitrogens with two attached hydrogens (primary N) is 1. The van der Waals surface area contributed by atoms with E-state index in [0.717, 1.165) is 6.42 Å². The Kier molecular flexibility index (Phi) is 5.11. The van der Waals surface area contributed by atoms with Crippen molar-refractivity contribution in [1.29, 1.82) is 0 Å². The molecule has 17 heavy (non-hydrogen) atoms. The molecule has 2 atom stereocenters. The van der Waals surface area contributed by atoms with E-state index in [1.54, 1.807) is 0 Å². The van der Waals surface area contributed by atoms with Crippen LogP contribution in [0.4, 0.5) is 13.6 Å². The molecule has 2 amide bonds. The first-order chi connectivity index (χ1) is 7.90. The fourth-order valence-electron chi connectivity index (χ4n) is 2.20. The molecular formula is C11H21F2N3O. The van der Waals surface area contributed by atoms with Gasteiger partial charge in [-0.2, -0.15) is 0 Å². The van der Waals surface area contributed by atoms with Gasteiger partial charge in [0.15, 0.2) is 0 Å². The van der Waals surface area contributed by atoms with Crippen LogP contribution < -0.4 is 11.1 Å². The molecule has 100 valence electrons. The third-order valence-electron chi connectivity index (χ3n) is 3.30. The van der Waals surface area contributed by atoms with Gasteiger partial charge < -0.3 is 16.0 Å². The summed E-state index contributed by atoms with van der Waals surface area (Å²) in [7, 11) is 0. The van der Waals surface area contributed by atoms with Crippen LogP contribution >= 0.6 is 0 Å². The van der Waals surface area contributed by atoms with Crippen molar-refractivity contribution in [1.82, 2.24) is 10.2 Å². The standard InChI is InChI=1S/C11H21F2N3O/c1-7(2)8-3-9(15-4-10(12)13)6-16(5-8)11(14)17/h7-10,15H,3-6H2,1-2H3,(H2,14,17). The van der Waals surface area contributed by atoms with Gasteiger partial charge in [0.1, 0.15) is 0 Å². The Morgan fingerprint density at radius 2 is 2.12 bits per heavy atom. The lowest BCUT2D eigenvalue weighted by atomic mass is 9.85. The number of likely N-dealkylation sites (tertiary alicyclic amines) is 1. The Morgan fingerprint density at radius 3 is 2.59 bits per heavy atom. The number of primary amides is 1. The van der Waals surface area contributed by atoms with Crippen molar-refractivity contribution in [2.75, 3.05) is 19.6 Å². The lowest BCUT2D eigenvalue weighted by Crippen LogP contribution is -2.54. The number of piperidine rings is 1. The first-order valence-electron chi connectivity index (χ1n) is 5.96. The summed E-state index contributed by atoms with van der Waals surface area (Å²) in [6, 6.07) is -0.558. The monoisotopic (exact) mass is 249 g/mol. The predicted molar refractivity (Wildman–Crippen MR) is 61.9 cm³/mol. The van der Waals surface area contributed by atoms with Gasteiger partial charge in [-0.3, -0.25) is 0 Å². The minimum atomic E-state index is -2.36. The SMILES string of the molecule is CC(C)C1CC(NCC(F)F)CN(C(N)=O)C1. The second-order valence-electron chi connectivity index (χ2n) is 4.98. The van der Waals surface area contributed by atoms with Crippen molar-refractivity contribution in [3.05, 3.63) is 0 Å². The van der Waals surface area contributed by atoms with E-state index in [0.29, 0.717) is 24.9 Å². The Hall–Kier alpha value is -0.910. The van der Waals surface area contributed by atoms with E-state index < -0.39 is 12.5 Å². The van der Waals surface area contributed by atoms with E-state index in [1.807, 2.05) is 0 Å². The highest BCUT2D eigenvalue weighted by Crippen LogP contribution is 2.23. The summed E-state index contributed by atoms with van der Waals surface area (Å²) in [5.41, 5.74) is 5.26. The van der Waals surface area contributed by atoms with Crippen LogP contribution in [0, 0.1) is 11.8 Å². The summed E-state index contributed by atoms with van der Waals surface area (Å²) in [6.45, 7) is 4.85. The van der Waals surface area contributed by atoms with Crippen LogP contribution in [-0.2, 0) is 0 Å². The van der Waals surface area contributed by atoms with Crippen molar-refractivity contribution in [2.24, 2.45) is 17.6 Å². The van der Waals surface area contributed by atoms with Crippen molar-refractivity contribution in [3.8, 4) is 0 Å². The molecule has 6 heteroatoms. The van der Waals surface area contributed by atoms with Crippen molar-refractivity contribution < 1.29 is 13.6 Å². The zero-order valence-corrected chi connectivity index (χ0v) is 10.3. The molecule has 0 radical (unpaired) electrons. The predicted octanol–water partition coefficient (Wildman–Crippen LogP) is 1.27. The number of amides is 2. The van der Waals surface area contributed by atoms with Crippen LogP contribution in [0.1, 0.15) is 20.3 Å². The number of carbonyl (C=O) groups is 1. The lowest BCUT2D eigenvalue weighted by Gasteiger charge is -2.39. The molecule has 4 nitrogen and oxygen atoms in total. The highest BCUT2D eigenvalue weighted by atomic mass is 19.3. The summed E-state index contributed by atoms with van der Waals surface area (Å²) in [5, 5.41) is 2.79. The fraction of sp³-hybridized carbons (Fsp3) is 0.909. The molecular weight excluding hydrogens is 228 g/mol. The number of halogens is 2. The van der Waals surface area contributed by atoms with Crippen LogP contribution in [0.15, 0.2) is 0 Å². The Morgan fingerprint density at radius 1 is 1.47 bits per heavy atom. The largest absolute Gasteiger partial charge is 0.351 e. The fourth-order valence-corrected chi connectivity index (χ4v) is 2.20. The maximum absolute atomic E-state index is 12.1. The molecule has 1 saturated heterocycles. The Bertz CT molecular complexity index is 261. The van der Waals surface area contributed by atoms with Gasteiger partial charge in [0.05, 0.1) is 6.54 Å². The highest BCUT2D eigenvalue weighted by Gasteiger charge is 2.30. The summed E-state index contributed by atoms with van der Waals surface area (Å²) in [6.07, 6.45) is -1.55. The highest BCUT2D eigenvalue weighted by molar-refractivity contribution is 5.72. The van der Waals surface area contributed by atoms with Gasteiger partial charge in [-0.25, -0.2) is 13.6 Å². The van der Waals surface area contributed by atoms with Crippen molar-refractivity contribution >= 4 is 6.03 Å². The van der Waals surface area contributed by atoms with Gasteiger partial charge in [0, 0.05) is 19.1 Å². The summed E-state index contributed by atoms with van der Waals surface area (Å²) in [5.74, 6) is 0.722. The average Bonchev–Trinajstić information content (AvgIpc) is 2.25. The minimum Gasteiger partial charge on any atom is -0.351 e. The van der Waals surface area contributed by atoms with Gasteiger partial charge >= 0.3 is 6.03 Å². The molecule has 0 bridgehead atoms. The van der Waals surface area contributed by atoms with E-state index >= 15 is 0 Å². The molecule has 0 spiro atoms. The van der Waals surface area contributed by atoms with Crippen LogP contribution in [-0.4, -0.2) is 43.0 Å². The zero-order valence-electron chi connectivity index (χ0n) is 10.3. The summed E-state index contributed by atoms with van der Waals surface area (Å²) in [4.78, 5) is 12.7. The Labute approximate surface area is 101 Å². The molecule has 1 aliphatic heterocycles. The maximum atomic E-state index is 12.1. The molecule has 0 aromatic carbocycles. The number of nitrogens with one attached hydrogen (secondary N) is 1. The van der Waals surface area contributed by atoms with Crippen LogP contribution in [0.3, 0.4) is 0 Å². The third-order valence-corrected chi connectivity index (χ3v) is 3.30. The lowest BCUT2D eigenvalue weighted by molar-refractivity contribution is 0.109. The molecule has 1 heterocycles. The quantitative estimate of drug-likeness (QED) is 0.788. The van der Waals surface area contributed by atoms with Crippen LogP contribution in [0.5, 0.6) is 0 Å². The first kappa shape index (κ1) is 14.2. The average molecular weight is 249 g/mol. The van der Waals surface area contributed by atoms with Gasteiger partial charge in [-0.05, 0) is 18.3 Å². The number of nitrogens with zero attached hydrogens (tertiary/aromatic N) is 1. The van der Waals surface area contributed by atoms with Gasteiger partial charge in [-0.1, -0.05) is 13.8 Å². The third kappa shape index (κ3) is 4.46. The van der Waals surface area contributed by atoms with Crippen molar-refractivity contribution in [3.63, 3.8) is 0 Å². The number of alkyl halides is 2. The molecule has 0 saturated carbocycles. The maximum Gasteiger partial charge on any atom is 0.314 e. The molecule has 0 aromatic rings. The van der Waals surface area contributed by atoms with E-state index in [-0.39, 0.29) is 12.6 Å². The second kappa shape index (κ2) is 6.14. The Balaban J connectivity index is 2.55. The molecule has 1 fully saturated rings. The van der Waals surface area contributed by atoms with Crippen LogP contribution in [0.2, 0.25) is 0 Å². The number of hydrogen-bond acceptors (Lipinski definition) is 2. The van der Waals surface area contributed by atoms with E-state index in [4.69, 9.17) is 5.73 Å². The molecule has 0 aliphatic carbocycles. The number of urea groups is 1. The molecule has 1 aliphatic rings. The smallest absolute Gasteiger partial charge is 0.314 e. The minimum absolute atomic E-state index is 0.0855. The normalized spacial score (nSPS) is 25.6. The zero-order chi connectivity index (χ0) is 13.0. The molecule has 1 rings (SSSR count). The van der Waals surface area contributed by atoms with E-state index in [1.165, 1.54) is 4.90 Å². The second-order valence-corrected chi connectivity index (χ2v) is 4.98. The molecule has 2 unspecified atom stereocenters. The van der Waals surface area contributed by atoms with Gasteiger partial charge in [-0.15, -0.1) is 0 Å².